The number of benzene rings is 1. The average molecular weight is 341 g/mol. The highest BCUT2D eigenvalue weighted by Crippen LogP contribution is 2.22. The van der Waals surface area contributed by atoms with Crippen molar-refractivity contribution in [2.45, 2.75) is 19.9 Å². The summed E-state index contributed by atoms with van der Waals surface area (Å²) in [6.45, 7) is 8.43. The molecule has 1 aliphatic heterocycles. The SMILES string of the molecule is CC(C)Nc1nc(Nc2ccc(N3CCN(C)CC3)cc2)ncc1N. The van der Waals surface area contributed by atoms with E-state index in [1.165, 1.54) is 5.69 Å². The molecule has 0 spiro atoms. The van der Waals surface area contributed by atoms with E-state index >= 15 is 0 Å². The minimum atomic E-state index is 0.257. The molecule has 134 valence electrons. The maximum atomic E-state index is 5.92. The van der Waals surface area contributed by atoms with E-state index in [2.05, 4.69) is 61.7 Å². The van der Waals surface area contributed by atoms with Gasteiger partial charge >= 0.3 is 0 Å². The number of hydrogen-bond acceptors (Lipinski definition) is 7. The van der Waals surface area contributed by atoms with Gasteiger partial charge in [-0.15, -0.1) is 0 Å². The molecule has 0 aliphatic carbocycles. The summed E-state index contributed by atoms with van der Waals surface area (Å²) >= 11 is 0. The van der Waals surface area contributed by atoms with E-state index in [1.54, 1.807) is 6.20 Å². The first-order chi connectivity index (χ1) is 12.0. The highest BCUT2D eigenvalue weighted by Gasteiger charge is 2.14. The van der Waals surface area contributed by atoms with Crippen molar-refractivity contribution < 1.29 is 0 Å². The Kier molecular flexibility index (Phi) is 5.23. The molecule has 2 aromatic rings. The van der Waals surface area contributed by atoms with Gasteiger partial charge < -0.3 is 26.2 Å². The minimum Gasteiger partial charge on any atom is -0.394 e. The fourth-order valence-corrected chi connectivity index (χ4v) is 2.79. The van der Waals surface area contributed by atoms with Crippen molar-refractivity contribution in [2.75, 3.05) is 54.5 Å². The summed E-state index contributed by atoms with van der Waals surface area (Å²) in [5, 5.41) is 6.47. The summed E-state index contributed by atoms with van der Waals surface area (Å²) in [5.41, 5.74) is 8.67. The van der Waals surface area contributed by atoms with Gasteiger partial charge in [-0.3, -0.25) is 0 Å². The third kappa shape index (κ3) is 4.51. The monoisotopic (exact) mass is 341 g/mol. The molecular formula is C18H27N7. The van der Waals surface area contributed by atoms with Crippen LogP contribution in [0.15, 0.2) is 30.5 Å². The van der Waals surface area contributed by atoms with Gasteiger partial charge in [0.05, 0.1) is 11.9 Å². The van der Waals surface area contributed by atoms with Crippen LogP contribution in [0, 0.1) is 0 Å². The van der Waals surface area contributed by atoms with Gasteiger partial charge in [-0.2, -0.15) is 4.98 Å². The Hall–Kier alpha value is -2.54. The topological polar surface area (TPSA) is 82.3 Å². The van der Waals surface area contributed by atoms with Crippen LogP contribution in [0.1, 0.15) is 13.8 Å². The fraction of sp³-hybridized carbons (Fsp3) is 0.444. The second-order valence-electron chi connectivity index (χ2n) is 6.76. The van der Waals surface area contributed by atoms with Crippen LogP contribution < -0.4 is 21.3 Å². The van der Waals surface area contributed by atoms with Gasteiger partial charge in [0.2, 0.25) is 5.95 Å². The van der Waals surface area contributed by atoms with E-state index in [-0.39, 0.29) is 6.04 Å². The number of hydrogen-bond donors (Lipinski definition) is 3. The van der Waals surface area contributed by atoms with E-state index in [1.807, 2.05) is 13.8 Å². The number of nitrogens with one attached hydrogen (secondary N) is 2. The number of anilines is 5. The summed E-state index contributed by atoms with van der Waals surface area (Å²) in [5.74, 6) is 1.19. The number of nitrogens with zero attached hydrogens (tertiary/aromatic N) is 4. The number of rotatable bonds is 5. The Morgan fingerprint density at radius 2 is 1.76 bits per heavy atom. The number of nitrogen functional groups attached to an aromatic ring is 1. The summed E-state index contributed by atoms with van der Waals surface area (Å²) in [6, 6.07) is 8.65. The van der Waals surface area contributed by atoms with Crippen molar-refractivity contribution in [3.63, 3.8) is 0 Å². The van der Waals surface area contributed by atoms with Crippen molar-refractivity contribution in [1.82, 2.24) is 14.9 Å². The Morgan fingerprint density at radius 1 is 1.08 bits per heavy atom. The van der Waals surface area contributed by atoms with Crippen LogP contribution in [-0.2, 0) is 0 Å². The zero-order valence-electron chi connectivity index (χ0n) is 15.2. The predicted octanol–water partition coefficient (Wildman–Crippen LogP) is 2.37. The molecule has 1 fully saturated rings. The van der Waals surface area contributed by atoms with E-state index in [4.69, 9.17) is 5.73 Å². The molecule has 7 heteroatoms. The number of piperazine rings is 1. The quantitative estimate of drug-likeness (QED) is 0.770. The molecule has 0 bridgehead atoms. The first kappa shape index (κ1) is 17.3. The van der Waals surface area contributed by atoms with E-state index in [0.29, 0.717) is 17.5 Å². The number of likely N-dealkylation sites (N-methyl/N-ethyl adjacent to an activating group) is 1. The highest BCUT2D eigenvalue weighted by molar-refractivity contribution is 5.65. The molecule has 4 N–H and O–H groups in total. The first-order valence-electron chi connectivity index (χ1n) is 8.71. The van der Waals surface area contributed by atoms with Gasteiger partial charge in [-0.1, -0.05) is 0 Å². The minimum absolute atomic E-state index is 0.257. The van der Waals surface area contributed by atoms with E-state index in [9.17, 15) is 0 Å². The van der Waals surface area contributed by atoms with E-state index in [0.717, 1.165) is 31.9 Å². The zero-order valence-corrected chi connectivity index (χ0v) is 15.2. The van der Waals surface area contributed by atoms with Crippen LogP contribution in [-0.4, -0.2) is 54.1 Å². The fourth-order valence-electron chi connectivity index (χ4n) is 2.79. The van der Waals surface area contributed by atoms with Gasteiger partial charge in [-0.05, 0) is 45.2 Å². The average Bonchev–Trinajstić information content (AvgIpc) is 2.59. The molecule has 1 saturated heterocycles. The molecular weight excluding hydrogens is 314 g/mol. The second-order valence-corrected chi connectivity index (χ2v) is 6.76. The van der Waals surface area contributed by atoms with Crippen molar-refractivity contribution in [3.05, 3.63) is 30.5 Å². The van der Waals surface area contributed by atoms with Gasteiger partial charge in [-0.25, -0.2) is 4.98 Å². The smallest absolute Gasteiger partial charge is 0.229 e. The molecule has 0 atom stereocenters. The maximum absolute atomic E-state index is 5.92. The largest absolute Gasteiger partial charge is 0.394 e. The van der Waals surface area contributed by atoms with Crippen LogP contribution in [0.4, 0.5) is 28.8 Å². The standard InChI is InChI=1S/C18H27N7/c1-13(2)21-17-16(19)12-20-18(23-17)22-14-4-6-15(7-5-14)25-10-8-24(3)9-11-25/h4-7,12-13H,8-11,19H2,1-3H3,(H2,20,21,22,23). The van der Waals surface area contributed by atoms with Crippen molar-refractivity contribution in [3.8, 4) is 0 Å². The van der Waals surface area contributed by atoms with Crippen LogP contribution in [0.25, 0.3) is 0 Å². The summed E-state index contributed by atoms with van der Waals surface area (Å²) in [6.07, 6.45) is 1.62. The number of nitrogens with two attached hydrogens (primary N) is 1. The predicted molar refractivity (Wildman–Crippen MR) is 105 cm³/mol. The van der Waals surface area contributed by atoms with Crippen LogP contribution in [0.2, 0.25) is 0 Å². The first-order valence-corrected chi connectivity index (χ1v) is 8.71. The van der Waals surface area contributed by atoms with E-state index < -0.39 is 0 Å². The molecule has 1 aliphatic rings. The van der Waals surface area contributed by atoms with Crippen LogP contribution >= 0.6 is 0 Å². The molecule has 1 aromatic heterocycles. The van der Waals surface area contributed by atoms with Crippen molar-refractivity contribution in [2.24, 2.45) is 0 Å². The normalized spacial score (nSPS) is 15.4. The van der Waals surface area contributed by atoms with Crippen LogP contribution in [0.3, 0.4) is 0 Å². The molecule has 3 rings (SSSR count). The summed E-state index contributed by atoms with van der Waals surface area (Å²) in [7, 11) is 2.17. The molecule has 7 nitrogen and oxygen atoms in total. The maximum Gasteiger partial charge on any atom is 0.229 e. The molecule has 0 radical (unpaired) electrons. The summed E-state index contributed by atoms with van der Waals surface area (Å²) in [4.78, 5) is 13.5. The zero-order chi connectivity index (χ0) is 17.8. The molecule has 0 saturated carbocycles. The molecule has 1 aromatic carbocycles. The van der Waals surface area contributed by atoms with Crippen molar-refractivity contribution in [1.29, 1.82) is 0 Å². The lowest BCUT2D eigenvalue weighted by Crippen LogP contribution is -2.44. The Bertz CT molecular complexity index is 691. The molecule has 0 amide bonds. The molecule has 0 unspecified atom stereocenters. The molecule has 2 heterocycles. The third-order valence-corrected chi connectivity index (χ3v) is 4.23. The Morgan fingerprint density at radius 3 is 2.40 bits per heavy atom. The van der Waals surface area contributed by atoms with Gasteiger partial charge in [0.1, 0.15) is 0 Å². The lowest BCUT2D eigenvalue weighted by Gasteiger charge is -2.34. The third-order valence-electron chi connectivity index (χ3n) is 4.23. The highest BCUT2D eigenvalue weighted by atomic mass is 15.2. The summed E-state index contributed by atoms with van der Waals surface area (Å²) < 4.78 is 0. The van der Waals surface area contributed by atoms with Crippen molar-refractivity contribution >= 4 is 28.8 Å². The Balaban J connectivity index is 1.67. The van der Waals surface area contributed by atoms with Gasteiger partial charge in [0.25, 0.3) is 0 Å². The lowest BCUT2D eigenvalue weighted by atomic mass is 10.2. The molecule has 25 heavy (non-hydrogen) atoms. The van der Waals surface area contributed by atoms with Gasteiger partial charge in [0, 0.05) is 43.6 Å². The number of aromatic nitrogens is 2. The second kappa shape index (κ2) is 7.57. The lowest BCUT2D eigenvalue weighted by molar-refractivity contribution is 0.313. The Labute approximate surface area is 149 Å². The van der Waals surface area contributed by atoms with Gasteiger partial charge in [0.15, 0.2) is 5.82 Å². The van der Waals surface area contributed by atoms with Crippen LogP contribution in [0.5, 0.6) is 0 Å².